The number of aryl methyl sites for hydroxylation is 1. The summed E-state index contributed by atoms with van der Waals surface area (Å²) in [5.74, 6) is 0. The molecule has 0 amide bonds. The number of hydrogen-bond acceptors (Lipinski definition) is 1. The van der Waals surface area contributed by atoms with Gasteiger partial charge in [0.05, 0.1) is 0 Å². The van der Waals surface area contributed by atoms with Crippen LogP contribution in [-0.2, 0) is 6.54 Å². The standard InChI is InChI=1S/C10H11IN2/c1-2-6-13-7-4-8-9(11)3-5-12-10(8)13/h3-5,7H,2,6H2,1H3. The van der Waals surface area contributed by atoms with Crippen molar-refractivity contribution in [1.29, 1.82) is 0 Å². The first kappa shape index (κ1) is 8.99. The van der Waals surface area contributed by atoms with Gasteiger partial charge in [-0.05, 0) is 41.1 Å². The summed E-state index contributed by atoms with van der Waals surface area (Å²) in [6, 6.07) is 4.18. The summed E-state index contributed by atoms with van der Waals surface area (Å²) in [5.41, 5.74) is 1.11. The molecule has 0 spiro atoms. The minimum absolute atomic E-state index is 1.05. The Hall–Kier alpha value is -0.580. The van der Waals surface area contributed by atoms with Crippen LogP contribution in [0.15, 0.2) is 24.5 Å². The minimum Gasteiger partial charge on any atom is -0.332 e. The molecular weight excluding hydrogens is 275 g/mol. The third-order valence-electron chi connectivity index (χ3n) is 2.07. The Morgan fingerprint density at radius 2 is 2.31 bits per heavy atom. The van der Waals surface area contributed by atoms with E-state index in [0.29, 0.717) is 0 Å². The molecule has 13 heavy (non-hydrogen) atoms. The van der Waals surface area contributed by atoms with Crippen LogP contribution < -0.4 is 0 Å². The second-order valence-corrected chi connectivity index (χ2v) is 4.20. The van der Waals surface area contributed by atoms with Crippen LogP contribution in [0.4, 0.5) is 0 Å². The third kappa shape index (κ3) is 1.57. The fraction of sp³-hybridized carbons (Fsp3) is 0.300. The van der Waals surface area contributed by atoms with E-state index in [4.69, 9.17) is 0 Å². The van der Waals surface area contributed by atoms with E-state index in [2.05, 4.69) is 51.3 Å². The Labute approximate surface area is 91.1 Å². The molecule has 0 bridgehead atoms. The Kier molecular flexibility index (Phi) is 2.53. The lowest BCUT2D eigenvalue weighted by Gasteiger charge is -2.01. The van der Waals surface area contributed by atoms with Gasteiger partial charge < -0.3 is 4.57 Å². The van der Waals surface area contributed by atoms with Crippen molar-refractivity contribution < 1.29 is 0 Å². The molecule has 2 aromatic heterocycles. The zero-order chi connectivity index (χ0) is 9.26. The Morgan fingerprint density at radius 1 is 1.46 bits per heavy atom. The molecule has 0 radical (unpaired) electrons. The number of fused-ring (bicyclic) bond motifs is 1. The van der Waals surface area contributed by atoms with Crippen LogP contribution in [0.25, 0.3) is 11.0 Å². The largest absolute Gasteiger partial charge is 0.332 e. The summed E-state index contributed by atoms with van der Waals surface area (Å²) in [6.45, 7) is 3.23. The molecule has 3 heteroatoms. The summed E-state index contributed by atoms with van der Waals surface area (Å²) in [5, 5.41) is 1.26. The summed E-state index contributed by atoms with van der Waals surface area (Å²) in [7, 11) is 0. The van der Waals surface area contributed by atoms with Crippen LogP contribution in [0.3, 0.4) is 0 Å². The lowest BCUT2D eigenvalue weighted by Crippen LogP contribution is -1.95. The molecule has 0 aliphatic rings. The van der Waals surface area contributed by atoms with Gasteiger partial charge in [0.2, 0.25) is 0 Å². The molecular formula is C10H11IN2. The predicted molar refractivity (Wildman–Crippen MR) is 62.7 cm³/mol. The third-order valence-corrected chi connectivity index (χ3v) is 3.01. The monoisotopic (exact) mass is 286 g/mol. The van der Waals surface area contributed by atoms with Crippen molar-refractivity contribution in [2.75, 3.05) is 0 Å². The van der Waals surface area contributed by atoms with Crippen molar-refractivity contribution in [2.45, 2.75) is 19.9 Å². The normalized spacial score (nSPS) is 10.9. The molecule has 2 heterocycles. The van der Waals surface area contributed by atoms with E-state index >= 15 is 0 Å². The zero-order valence-electron chi connectivity index (χ0n) is 7.50. The topological polar surface area (TPSA) is 17.8 Å². The molecule has 0 atom stereocenters. The first-order chi connectivity index (χ1) is 6.33. The first-order valence-corrected chi connectivity index (χ1v) is 5.50. The average molecular weight is 286 g/mol. The molecule has 0 aromatic carbocycles. The first-order valence-electron chi connectivity index (χ1n) is 4.42. The highest BCUT2D eigenvalue weighted by atomic mass is 127. The van der Waals surface area contributed by atoms with Crippen LogP contribution in [-0.4, -0.2) is 9.55 Å². The van der Waals surface area contributed by atoms with Crippen LogP contribution >= 0.6 is 22.6 Å². The fourth-order valence-corrected chi connectivity index (χ4v) is 2.06. The van der Waals surface area contributed by atoms with Crippen LogP contribution in [0.2, 0.25) is 0 Å². The van der Waals surface area contributed by atoms with Crippen molar-refractivity contribution in [1.82, 2.24) is 9.55 Å². The quantitative estimate of drug-likeness (QED) is 0.776. The van der Waals surface area contributed by atoms with Crippen LogP contribution in [0.5, 0.6) is 0 Å². The fourth-order valence-electron chi connectivity index (χ4n) is 1.48. The molecule has 2 rings (SSSR count). The number of rotatable bonds is 2. The average Bonchev–Trinajstić information content (AvgIpc) is 2.51. The van der Waals surface area contributed by atoms with Gasteiger partial charge in [0.25, 0.3) is 0 Å². The van der Waals surface area contributed by atoms with Crippen molar-refractivity contribution in [3.8, 4) is 0 Å². The molecule has 0 N–H and O–H groups in total. The molecule has 0 saturated heterocycles. The smallest absolute Gasteiger partial charge is 0.140 e. The van der Waals surface area contributed by atoms with Crippen LogP contribution in [0, 0.1) is 3.57 Å². The van der Waals surface area contributed by atoms with Crippen LogP contribution in [0.1, 0.15) is 13.3 Å². The molecule has 68 valence electrons. The second-order valence-electron chi connectivity index (χ2n) is 3.04. The number of pyridine rings is 1. The summed E-state index contributed by atoms with van der Waals surface area (Å²) < 4.78 is 3.48. The Balaban J connectivity index is 2.61. The lowest BCUT2D eigenvalue weighted by molar-refractivity contribution is 0.697. The molecule has 2 aromatic rings. The van der Waals surface area contributed by atoms with Gasteiger partial charge in [-0.3, -0.25) is 0 Å². The maximum Gasteiger partial charge on any atom is 0.140 e. The number of aromatic nitrogens is 2. The van der Waals surface area contributed by atoms with E-state index in [1.165, 1.54) is 8.96 Å². The highest BCUT2D eigenvalue weighted by molar-refractivity contribution is 14.1. The van der Waals surface area contributed by atoms with E-state index in [1.807, 2.05) is 12.3 Å². The number of hydrogen-bond donors (Lipinski definition) is 0. The number of nitrogens with zero attached hydrogens (tertiary/aromatic N) is 2. The summed E-state index contributed by atoms with van der Waals surface area (Å²) in [6.07, 6.45) is 5.14. The minimum atomic E-state index is 1.05. The molecule has 2 nitrogen and oxygen atoms in total. The molecule has 0 aliphatic carbocycles. The van der Waals surface area contributed by atoms with Crippen molar-refractivity contribution in [3.05, 3.63) is 28.1 Å². The molecule has 0 unspecified atom stereocenters. The van der Waals surface area contributed by atoms with Gasteiger partial charge in [0, 0.05) is 27.9 Å². The van der Waals surface area contributed by atoms with E-state index < -0.39 is 0 Å². The van der Waals surface area contributed by atoms with Gasteiger partial charge in [-0.2, -0.15) is 0 Å². The maximum absolute atomic E-state index is 4.38. The Bertz CT molecular complexity index is 420. The van der Waals surface area contributed by atoms with Gasteiger partial charge in [0.15, 0.2) is 0 Å². The molecule has 0 fully saturated rings. The summed E-state index contributed by atoms with van der Waals surface area (Å²) >= 11 is 2.35. The Morgan fingerprint density at radius 3 is 3.08 bits per heavy atom. The summed E-state index contributed by atoms with van der Waals surface area (Å²) in [4.78, 5) is 4.38. The SMILES string of the molecule is CCCn1ccc2c(I)ccnc21. The highest BCUT2D eigenvalue weighted by Crippen LogP contribution is 2.19. The number of halogens is 1. The second kappa shape index (κ2) is 3.65. The lowest BCUT2D eigenvalue weighted by atomic mass is 10.3. The van der Waals surface area contributed by atoms with Gasteiger partial charge in [-0.25, -0.2) is 4.98 Å². The molecule has 0 saturated carbocycles. The van der Waals surface area contributed by atoms with E-state index in [9.17, 15) is 0 Å². The maximum atomic E-state index is 4.38. The van der Waals surface area contributed by atoms with Crippen molar-refractivity contribution >= 4 is 33.6 Å². The van der Waals surface area contributed by atoms with Gasteiger partial charge in [-0.1, -0.05) is 6.92 Å². The van der Waals surface area contributed by atoms with Gasteiger partial charge in [0.1, 0.15) is 5.65 Å². The molecule has 0 aliphatic heterocycles. The zero-order valence-corrected chi connectivity index (χ0v) is 9.65. The van der Waals surface area contributed by atoms with Crippen molar-refractivity contribution in [3.63, 3.8) is 0 Å². The predicted octanol–water partition coefficient (Wildman–Crippen LogP) is 3.05. The van der Waals surface area contributed by atoms with Gasteiger partial charge in [-0.15, -0.1) is 0 Å². The highest BCUT2D eigenvalue weighted by Gasteiger charge is 2.03. The van der Waals surface area contributed by atoms with Crippen molar-refractivity contribution in [2.24, 2.45) is 0 Å². The van der Waals surface area contributed by atoms with E-state index in [1.54, 1.807) is 0 Å². The van der Waals surface area contributed by atoms with E-state index in [-0.39, 0.29) is 0 Å². The van der Waals surface area contributed by atoms with Gasteiger partial charge >= 0.3 is 0 Å². The van der Waals surface area contributed by atoms with E-state index in [0.717, 1.165) is 18.6 Å².